The zero-order valence-corrected chi connectivity index (χ0v) is 23.6. The maximum atomic E-state index is 13.8. The van der Waals surface area contributed by atoms with Gasteiger partial charge >= 0.3 is 0 Å². The van der Waals surface area contributed by atoms with E-state index in [-0.39, 0.29) is 18.2 Å². The molecule has 2 amide bonds. The van der Waals surface area contributed by atoms with E-state index in [1.165, 1.54) is 0 Å². The van der Waals surface area contributed by atoms with Gasteiger partial charge in [-0.2, -0.15) is 10.1 Å². The van der Waals surface area contributed by atoms with Crippen LogP contribution in [0.4, 0.5) is 0 Å². The Labute approximate surface area is 214 Å². The zero-order chi connectivity index (χ0) is 26.8. The summed E-state index contributed by atoms with van der Waals surface area (Å²) in [4.78, 5) is 39.7. The molecule has 0 aromatic rings. The van der Waals surface area contributed by atoms with Crippen LogP contribution in [-0.4, -0.2) is 81.0 Å². The molecule has 5 aliphatic heterocycles. The van der Waals surface area contributed by atoms with Crippen LogP contribution in [0.1, 0.15) is 93.9 Å². The standard InChI is InChI=1S/C26H44N4O6/c1-19(2)11-25-14-21(5,29(19)33-9)13-22(6)15-26(12-20(3,4)30(22)34-10)18(32)28-24(8,36-26)16-23(7,35-25)27-17(25)31/h11-16H2,1-10H3,(H,27,31)(H,28,32). The number of ether oxygens (including phenoxy) is 2. The predicted octanol–water partition coefficient (Wildman–Crippen LogP) is 2.37. The van der Waals surface area contributed by atoms with Gasteiger partial charge in [0.15, 0.2) is 11.2 Å². The van der Waals surface area contributed by atoms with Gasteiger partial charge in [0, 0.05) is 54.3 Å². The minimum atomic E-state index is -1.05. The molecule has 5 aliphatic rings. The summed E-state index contributed by atoms with van der Waals surface area (Å²) >= 11 is 0. The fourth-order valence-electron chi connectivity index (χ4n) is 9.51. The van der Waals surface area contributed by atoms with Gasteiger partial charge in [-0.1, -0.05) is 0 Å². The lowest BCUT2D eigenvalue weighted by molar-refractivity contribution is -0.339. The van der Waals surface area contributed by atoms with E-state index in [0.717, 1.165) is 0 Å². The van der Waals surface area contributed by atoms with E-state index < -0.39 is 44.8 Å². The zero-order valence-electron chi connectivity index (χ0n) is 23.6. The maximum Gasteiger partial charge on any atom is 0.254 e. The molecule has 2 N–H and O–H groups in total. The minimum absolute atomic E-state index is 0.126. The Kier molecular flexibility index (Phi) is 5.27. The Hall–Kier alpha value is -1.30. The van der Waals surface area contributed by atoms with Crippen LogP contribution in [-0.2, 0) is 28.7 Å². The van der Waals surface area contributed by atoms with Gasteiger partial charge in [-0.3, -0.25) is 9.59 Å². The van der Waals surface area contributed by atoms with E-state index in [2.05, 4.69) is 52.2 Å². The smallest absolute Gasteiger partial charge is 0.254 e. The van der Waals surface area contributed by atoms with Gasteiger partial charge in [-0.05, 0) is 61.8 Å². The monoisotopic (exact) mass is 508 g/mol. The highest BCUT2D eigenvalue weighted by atomic mass is 16.7. The number of rotatable bonds is 2. The van der Waals surface area contributed by atoms with Crippen molar-refractivity contribution in [2.75, 3.05) is 14.2 Å². The average Bonchev–Trinajstić information content (AvgIpc) is 2.98. The van der Waals surface area contributed by atoms with Gasteiger partial charge in [-0.25, -0.2) is 0 Å². The van der Waals surface area contributed by atoms with Gasteiger partial charge in [0.1, 0.15) is 11.4 Å². The second-order valence-corrected chi connectivity index (χ2v) is 14.2. The van der Waals surface area contributed by atoms with Crippen molar-refractivity contribution in [3.63, 3.8) is 0 Å². The summed E-state index contributed by atoms with van der Waals surface area (Å²) in [7, 11) is 3.37. The van der Waals surface area contributed by atoms with Crippen LogP contribution >= 0.6 is 0 Å². The van der Waals surface area contributed by atoms with E-state index in [9.17, 15) is 9.59 Å². The molecule has 0 saturated carbocycles. The Morgan fingerprint density at radius 2 is 0.972 bits per heavy atom. The first-order valence-electron chi connectivity index (χ1n) is 13.0. The summed E-state index contributed by atoms with van der Waals surface area (Å²) in [6.45, 7) is 16.4. The Balaban J connectivity index is 1.74. The molecule has 6 atom stereocenters. The van der Waals surface area contributed by atoms with Crippen LogP contribution in [0, 0.1) is 0 Å². The van der Waals surface area contributed by atoms with Crippen LogP contribution in [0.2, 0.25) is 0 Å². The molecule has 36 heavy (non-hydrogen) atoms. The molecule has 10 heteroatoms. The Bertz CT molecular complexity index is 929. The molecule has 0 aliphatic carbocycles. The van der Waals surface area contributed by atoms with E-state index in [4.69, 9.17) is 19.1 Å². The van der Waals surface area contributed by atoms with Crippen LogP contribution in [0.25, 0.3) is 0 Å². The summed E-state index contributed by atoms with van der Waals surface area (Å²) in [6, 6.07) is 0. The van der Waals surface area contributed by atoms with Crippen LogP contribution < -0.4 is 10.6 Å². The third kappa shape index (κ3) is 3.51. The van der Waals surface area contributed by atoms with Crippen molar-refractivity contribution in [2.45, 2.75) is 139 Å². The fraction of sp³-hybridized carbons (Fsp3) is 0.923. The molecular formula is C26H44N4O6. The molecule has 2 spiro atoms. The van der Waals surface area contributed by atoms with Gasteiger partial charge in [0.05, 0.1) is 14.2 Å². The molecule has 204 valence electrons. The molecule has 10 nitrogen and oxygen atoms in total. The first-order valence-corrected chi connectivity index (χ1v) is 13.0. The molecule has 0 aromatic heterocycles. The van der Waals surface area contributed by atoms with E-state index in [1.54, 1.807) is 14.2 Å². The number of fused-ring (bicyclic) bond motifs is 4. The number of amides is 2. The normalized spacial score (nSPS) is 50.2. The fourth-order valence-corrected chi connectivity index (χ4v) is 9.51. The number of hydrogen-bond acceptors (Lipinski definition) is 8. The minimum Gasteiger partial charge on any atom is -0.339 e. The van der Waals surface area contributed by atoms with Gasteiger partial charge in [-0.15, -0.1) is 0 Å². The number of carbonyl (C=O) groups excluding carboxylic acids is 2. The maximum absolute atomic E-state index is 13.8. The number of hydroxylamine groups is 4. The van der Waals surface area contributed by atoms with Crippen molar-refractivity contribution in [3.8, 4) is 0 Å². The second-order valence-electron chi connectivity index (χ2n) is 14.2. The first-order chi connectivity index (χ1) is 16.3. The lowest BCUT2D eigenvalue weighted by Gasteiger charge is -2.63. The number of piperidine rings is 2. The predicted molar refractivity (Wildman–Crippen MR) is 131 cm³/mol. The average molecular weight is 509 g/mol. The van der Waals surface area contributed by atoms with Crippen molar-refractivity contribution in [1.82, 2.24) is 20.8 Å². The van der Waals surface area contributed by atoms with Crippen LogP contribution in [0.5, 0.6) is 0 Å². The molecule has 5 rings (SSSR count). The molecule has 5 heterocycles. The SMILES string of the molecule is CON1C(C)(C)CC23CC1(C)CC1(C)CC4(CC(C)(C)N1OC)OC(C)(CC(C)(NC2=O)O3)NC4=O. The molecule has 5 saturated heterocycles. The highest BCUT2D eigenvalue weighted by molar-refractivity contribution is 5.89. The first kappa shape index (κ1) is 26.3. The lowest BCUT2D eigenvalue weighted by atomic mass is 9.63. The van der Waals surface area contributed by atoms with E-state index in [1.807, 2.05) is 24.0 Å². The second kappa shape index (κ2) is 7.21. The summed E-state index contributed by atoms with van der Waals surface area (Å²) in [5.41, 5.74) is -6.35. The van der Waals surface area contributed by atoms with Gasteiger partial charge in [0.25, 0.3) is 11.8 Å². The van der Waals surface area contributed by atoms with Crippen molar-refractivity contribution >= 4 is 11.8 Å². The van der Waals surface area contributed by atoms with E-state index in [0.29, 0.717) is 32.1 Å². The van der Waals surface area contributed by atoms with Crippen molar-refractivity contribution in [2.24, 2.45) is 0 Å². The number of nitrogens with zero attached hydrogens (tertiary/aromatic N) is 2. The third-order valence-corrected chi connectivity index (χ3v) is 9.08. The summed E-state index contributed by atoms with van der Waals surface area (Å²) in [6.07, 6.45) is 2.66. The number of carbonyl (C=O) groups is 2. The Morgan fingerprint density at radius 1 is 0.611 bits per heavy atom. The molecular weight excluding hydrogens is 464 g/mol. The van der Waals surface area contributed by atoms with E-state index >= 15 is 0 Å². The van der Waals surface area contributed by atoms with Crippen LogP contribution in [0.15, 0.2) is 0 Å². The quantitative estimate of drug-likeness (QED) is 0.586. The molecule has 6 unspecified atom stereocenters. The summed E-state index contributed by atoms with van der Waals surface area (Å²) < 4.78 is 13.5. The third-order valence-electron chi connectivity index (χ3n) is 9.08. The summed E-state index contributed by atoms with van der Waals surface area (Å²) in [5.74, 6) is -0.252. The molecule has 0 aromatic carbocycles. The number of nitrogens with one attached hydrogen (secondary N) is 2. The van der Waals surface area contributed by atoms with Crippen molar-refractivity contribution < 1.29 is 28.7 Å². The summed E-state index contributed by atoms with van der Waals surface area (Å²) in [5, 5.41) is 10.3. The van der Waals surface area contributed by atoms with Gasteiger partial charge in [0.2, 0.25) is 0 Å². The van der Waals surface area contributed by atoms with Gasteiger partial charge < -0.3 is 29.8 Å². The van der Waals surface area contributed by atoms with Crippen molar-refractivity contribution in [3.05, 3.63) is 0 Å². The Morgan fingerprint density at radius 3 is 1.31 bits per heavy atom. The molecule has 6 bridgehead atoms. The van der Waals surface area contributed by atoms with Crippen molar-refractivity contribution in [1.29, 1.82) is 0 Å². The van der Waals surface area contributed by atoms with Crippen LogP contribution in [0.3, 0.4) is 0 Å². The highest BCUT2D eigenvalue weighted by Gasteiger charge is 2.71. The number of hydrogen-bond donors (Lipinski definition) is 2. The largest absolute Gasteiger partial charge is 0.339 e. The topological polar surface area (TPSA) is 102 Å². The highest BCUT2D eigenvalue weighted by Crippen LogP contribution is 2.58. The lowest BCUT2D eigenvalue weighted by Crippen LogP contribution is -2.73. The molecule has 5 fully saturated rings. The molecule has 0 radical (unpaired) electrons.